The number of nitrogens with zero attached hydrogens (tertiary/aromatic N) is 3. The molecule has 49 heavy (non-hydrogen) atoms. The van der Waals surface area contributed by atoms with Crippen LogP contribution in [0, 0.1) is 23.2 Å². The number of rotatable bonds is 13. The van der Waals surface area contributed by atoms with Crippen molar-refractivity contribution in [2.75, 3.05) is 6.54 Å². The Hall–Kier alpha value is -3.90. The lowest BCUT2D eigenvalue weighted by atomic mass is 9.82. The lowest BCUT2D eigenvalue weighted by molar-refractivity contribution is -0.146. The van der Waals surface area contributed by atoms with E-state index in [-0.39, 0.29) is 35.4 Å². The molecule has 5 rings (SSSR count). The highest BCUT2D eigenvalue weighted by Crippen LogP contribution is 2.43. The summed E-state index contributed by atoms with van der Waals surface area (Å²) in [4.78, 5) is 91.4. The molecular weight excluding hydrogens is 626 g/mol. The number of carbonyl (C=O) groups is 6. The molecule has 6 atom stereocenters. The van der Waals surface area contributed by atoms with Gasteiger partial charge in [0.05, 0.1) is 12.2 Å². The molecule has 4 aliphatic rings. The van der Waals surface area contributed by atoms with Crippen LogP contribution in [-0.4, -0.2) is 86.9 Å². The summed E-state index contributed by atoms with van der Waals surface area (Å²) in [5, 5.41) is 11.5. The average Bonchev–Trinajstić information content (AvgIpc) is 3.65. The SMILES string of the molecule is CCC[C@@H](NC(=O)[C@@H]1[C@H]2CCCC2CN1C(=O)[C@H](NC(=O)[C@H](NC(=O)c1cnccn1)C1CCCCC1)C(C)(C)C)C(=O)C(=O)NC1CC1. The molecule has 3 saturated carbocycles. The van der Waals surface area contributed by atoms with Crippen LogP contribution in [0.1, 0.15) is 115 Å². The molecule has 1 unspecified atom stereocenters. The highest BCUT2D eigenvalue weighted by Gasteiger charge is 2.52. The van der Waals surface area contributed by atoms with Crippen LogP contribution in [0.4, 0.5) is 0 Å². The third-order valence-corrected chi connectivity index (χ3v) is 10.7. The van der Waals surface area contributed by atoms with Gasteiger partial charge in [-0.15, -0.1) is 0 Å². The predicted molar refractivity (Wildman–Crippen MR) is 181 cm³/mol. The molecule has 0 bridgehead atoms. The summed E-state index contributed by atoms with van der Waals surface area (Å²) in [6, 6.07) is -3.68. The van der Waals surface area contributed by atoms with Gasteiger partial charge in [-0.25, -0.2) is 4.98 Å². The number of fused-ring (bicyclic) bond motifs is 1. The Labute approximate surface area is 288 Å². The van der Waals surface area contributed by atoms with Gasteiger partial charge in [-0.2, -0.15) is 0 Å². The Balaban J connectivity index is 1.36. The first-order valence-electron chi connectivity index (χ1n) is 18.2. The molecule has 4 fully saturated rings. The highest BCUT2D eigenvalue weighted by atomic mass is 16.2. The van der Waals surface area contributed by atoms with Gasteiger partial charge in [-0.1, -0.05) is 59.8 Å². The van der Waals surface area contributed by atoms with E-state index in [0.717, 1.165) is 64.2 Å². The fourth-order valence-electron chi connectivity index (χ4n) is 7.87. The summed E-state index contributed by atoms with van der Waals surface area (Å²) < 4.78 is 0. The smallest absolute Gasteiger partial charge is 0.289 e. The summed E-state index contributed by atoms with van der Waals surface area (Å²) in [7, 11) is 0. The van der Waals surface area contributed by atoms with E-state index in [1.54, 1.807) is 4.90 Å². The largest absolute Gasteiger partial charge is 0.347 e. The Bertz CT molecular complexity index is 1390. The van der Waals surface area contributed by atoms with Crippen LogP contribution in [0.2, 0.25) is 0 Å². The summed E-state index contributed by atoms with van der Waals surface area (Å²) >= 11 is 0. The number of hydrogen-bond acceptors (Lipinski definition) is 8. The Morgan fingerprint density at radius 2 is 1.63 bits per heavy atom. The van der Waals surface area contributed by atoms with Crippen molar-refractivity contribution in [1.29, 1.82) is 0 Å². The monoisotopic (exact) mass is 679 g/mol. The number of hydrogen-bond donors (Lipinski definition) is 4. The third-order valence-electron chi connectivity index (χ3n) is 10.7. The normalized spacial score (nSPS) is 24.2. The molecular formula is C36H53N7O6. The molecule has 4 N–H and O–H groups in total. The van der Waals surface area contributed by atoms with Gasteiger partial charge < -0.3 is 26.2 Å². The molecule has 1 aromatic heterocycles. The fraction of sp³-hybridized carbons (Fsp3) is 0.722. The second-order valence-corrected chi connectivity index (χ2v) is 15.5. The van der Waals surface area contributed by atoms with E-state index in [2.05, 4.69) is 31.2 Å². The van der Waals surface area contributed by atoms with E-state index >= 15 is 0 Å². The Morgan fingerprint density at radius 1 is 0.898 bits per heavy atom. The van der Waals surface area contributed by atoms with Crippen molar-refractivity contribution >= 4 is 35.3 Å². The zero-order chi connectivity index (χ0) is 35.3. The maximum absolute atomic E-state index is 14.6. The molecule has 3 aliphatic carbocycles. The van der Waals surface area contributed by atoms with Gasteiger partial charge in [-0.05, 0) is 68.1 Å². The fourth-order valence-corrected chi connectivity index (χ4v) is 7.87. The topological polar surface area (TPSA) is 180 Å². The van der Waals surface area contributed by atoms with E-state index < -0.39 is 59.0 Å². The van der Waals surface area contributed by atoms with Gasteiger partial charge in [0.25, 0.3) is 11.8 Å². The summed E-state index contributed by atoms with van der Waals surface area (Å²) in [6.07, 6.45) is 13.9. The summed E-state index contributed by atoms with van der Waals surface area (Å²) in [5.74, 6) is -3.20. The summed E-state index contributed by atoms with van der Waals surface area (Å²) in [6.45, 7) is 7.85. The van der Waals surface area contributed by atoms with Crippen LogP contribution < -0.4 is 21.3 Å². The molecule has 5 amide bonds. The molecule has 13 nitrogen and oxygen atoms in total. The van der Waals surface area contributed by atoms with Crippen molar-refractivity contribution in [1.82, 2.24) is 36.1 Å². The standard InChI is InChI=1S/C36H53N7O6/c1-5-10-25(29(44)34(48)39-23-15-16-23)40-33(47)28-24-14-9-13-22(24)20-43(28)35(49)30(36(2,3)4)42-32(46)27(21-11-7-6-8-12-21)41-31(45)26-19-37-17-18-38-26/h17-19,21-25,27-28,30H,5-16,20H2,1-4H3,(H,39,48)(H,40,47)(H,41,45)(H,42,46)/t22?,24-,25+,27+,28-,30-/m0/s1. The quantitative estimate of drug-likeness (QED) is 0.230. The van der Waals surface area contributed by atoms with Crippen molar-refractivity contribution in [3.05, 3.63) is 24.3 Å². The number of ketones is 1. The first-order chi connectivity index (χ1) is 23.4. The van der Waals surface area contributed by atoms with Gasteiger partial charge in [0, 0.05) is 25.0 Å². The van der Waals surface area contributed by atoms with E-state index in [1.807, 2.05) is 27.7 Å². The van der Waals surface area contributed by atoms with Gasteiger partial charge in [0.1, 0.15) is 23.8 Å². The van der Waals surface area contributed by atoms with E-state index in [0.29, 0.717) is 19.4 Å². The molecule has 0 spiro atoms. The van der Waals surface area contributed by atoms with Crippen molar-refractivity contribution < 1.29 is 28.8 Å². The zero-order valence-electron chi connectivity index (χ0n) is 29.3. The second-order valence-electron chi connectivity index (χ2n) is 15.5. The van der Waals surface area contributed by atoms with E-state index in [4.69, 9.17) is 0 Å². The molecule has 1 saturated heterocycles. The van der Waals surface area contributed by atoms with Crippen LogP contribution in [0.15, 0.2) is 18.6 Å². The molecule has 268 valence electrons. The van der Waals surface area contributed by atoms with Crippen molar-refractivity contribution in [2.45, 2.75) is 135 Å². The molecule has 0 aromatic carbocycles. The highest BCUT2D eigenvalue weighted by molar-refractivity contribution is 6.38. The van der Waals surface area contributed by atoms with Crippen LogP contribution in [-0.2, 0) is 24.0 Å². The number of carbonyl (C=O) groups excluding carboxylic acids is 6. The number of amides is 5. The maximum atomic E-state index is 14.6. The second kappa shape index (κ2) is 15.8. The lowest BCUT2D eigenvalue weighted by Gasteiger charge is -2.38. The molecule has 1 aliphatic heterocycles. The minimum atomic E-state index is -0.994. The van der Waals surface area contributed by atoms with Gasteiger partial charge in [0.15, 0.2) is 0 Å². The number of aromatic nitrogens is 2. The Morgan fingerprint density at radius 3 is 2.27 bits per heavy atom. The minimum absolute atomic E-state index is 0.0132. The Kier molecular flexibility index (Phi) is 11.7. The van der Waals surface area contributed by atoms with Gasteiger partial charge in [-0.3, -0.25) is 33.8 Å². The molecule has 2 heterocycles. The first kappa shape index (κ1) is 36.4. The van der Waals surface area contributed by atoms with Crippen molar-refractivity contribution in [3.8, 4) is 0 Å². The molecule has 13 heteroatoms. The van der Waals surface area contributed by atoms with Gasteiger partial charge in [0.2, 0.25) is 23.5 Å². The van der Waals surface area contributed by atoms with E-state index in [1.165, 1.54) is 18.6 Å². The van der Waals surface area contributed by atoms with Crippen LogP contribution in [0.25, 0.3) is 0 Å². The first-order valence-corrected chi connectivity index (χ1v) is 18.2. The minimum Gasteiger partial charge on any atom is -0.347 e. The average molecular weight is 680 g/mol. The predicted octanol–water partition coefficient (Wildman–Crippen LogP) is 2.45. The maximum Gasteiger partial charge on any atom is 0.289 e. The zero-order valence-corrected chi connectivity index (χ0v) is 29.3. The lowest BCUT2D eigenvalue weighted by Crippen LogP contribution is -2.62. The van der Waals surface area contributed by atoms with Gasteiger partial charge >= 0.3 is 0 Å². The van der Waals surface area contributed by atoms with Crippen molar-refractivity contribution in [2.24, 2.45) is 23.2 Å². The van der Waals surface area contributed by atoms with Crippen molar-refractivity contribution in [3.63, 3.8) is 0 Å². The van der Waals surface area contributed by atoms with Crippen LogP contribution in [0.3, 0.4) is 0 Å². The third kappa shape index (κ3) is 8.83. The molecule has 0 radical (unpaired) electrons. The molecule has 1 aromatic rings. The summed E-state index contributed by atoms with van der Waals surface area (Å²) in [5.41, 5.74) is -0.638. The van der Waals surface area contributed by atoms with E-state index in [9.17, 15) is 28.8 Å². The van der Waals surface area contributed by atoms with Crippen LogP contribution in [0.5, 0.6) is 0 Å². The van der Waals surface area contributed by atoms with Crippen LogP contribution >= 0.6 is 0 Å². The number of likely N-dealkylation sites (tertiary alicyclic amines) is 1. The number of Topliss-reactive ketones (excluding diaryl/α,β-unsaturated/α-hetero) is 1. The number of nitrogens with one attached hydrogen (secondary N) is 4.